The molecule has 0 radical (unpaired) electrons. The van der Waals surface area contributed by atoms with Crippen molar-refractivity contribution in [1.29, 1.82) is 0 Å². The Hall–Kier alpha value is -3.65. The number of carboxylic acid groups (broad SMARTS) is 1. The summed E-state index contributed by atoms with van der Waals surface area (Å²) >= 11 is 1.44. The van der Waals surface area contributed by atoms with Crippen LogP contribution in [0.3, 0.4) is 0 Å². The molecule has 0 aromatic heterocycles. The number of primary amides is 2. The third-order valence-corrected chi connectivity index (χ3v) is 6.13. The second-order valence-corrected chi connectivity index (χ2v) is 9.60. The van der Waals surface area contributed by atoms with Crippen molar-refractivity contribution in [3.8, 4) is 0 Å². The molecule has 0 saturated carbocycles. The van der Waals surface area contributed by atoms with Gasteiger partial charge in [0.2, 0.25) is 29.5 Å². The fraction of sp³-hybridized carbons (Fsp3) is 0.500. The first-order valence-corrected chi connectivity index (χ1v) is 13.3. The minimum atomic E-state index is -1.45. The lowest BCUT2D eigenvalue weighted by Gasteiger charge is -2.25. The topological polar surface area (TPSA) is 237 Å². The number of thioether (sulfide) groups is 1. The van der Waals surface area contributed by atoms with Crippen LogP contribution < -0.4 is 33.2 Å². The number of carbonyl (C=O) groups is 6. The summed E-state index contributed by atoms with van der Waals surface area (Å²) in [6.07, 6.45) is 1.23. The normalized spacial score (nSPS) is 13.8. The van der Waals surface area contributed by atoms with Gasteiger partial charge in [0, 0.05) is 12.8 Å². The Bertz CT molecular complexity index is 978. The van der Waals surface area contributed by atoms with Crippen LogP contribution in [0.25, 0.3) is 0 Å². The van der Waals surface area contributed by atoms with Gasteiger partial charge in [-0.2, -0.15) is 11.8 Å². The smallest absolute Gasteiger partial charge is 0.326 e. The molecule has 0 aliphatic rings. The Morgan fingerprint density at radius 1 is 0.789 bits per heavy atom. The molecule has 1 aromatic carbocycles. The van der Waals surface area contributed by atoms with E-state index in [0.717, 1.165) is 5.56 Å². The lowest BCUT2D eigenvalue weighted by molar-refractivity contribution is -0.142. The van der Waals surface area contributed by atoms with E-state index in [4.69, 9.17) is 17.2 Å². The summed E-state index contributed by atoms with van der Waals surface area (Å²) < 4.78 is 0. The van der Waals surface area contributed by atoms with Crippen LogP contribution in [0.1, 0.15) is 37.7 Å². The molecule has 1 rings (SSSR count). The molecular weight excluding hydrogens is 516 g/mol. The summed E-state index contributed by atoms with van der Waals surface area (Å²) in [6, 6.07) is 4.33. The van der Waals surface area contributed by atoms with Gasteiger partial charge in [-0.3, -0.25) is 24.0 Å². The van der Waals surface area contributed by atoms with Crippen LogP contribution in [-0.4, -0.2) is 76.8 Å². The molecule has 0 fully saturated rings. The summed E-state index contributed by atoms with van der Waals surface area (Å²) in [5.74, 6) is -4.57. The Balaban J connectivity index is 2.97. The second-order valence-electron chi connectivity index (χ2n) is 8.61. The van der Waals surface area contributed by atoms with Crippen LogP contribution >= 0.6 is 11.8 Å². The molecule has 4 atom stereocenters. The van der Waals surface area contributed by atoms with E-state index in [1.807, 2.05) is 36.6 Å². The number of benzene rings is 1. The Kier molecular flexibility index (Phi) is 14.5. The molecule has 14 heteroatoms. The van der Waals surface area contributed by atoms with Gasteiger partial charge in [-0.05, 0) is 43.3 Å². The zero-order chi connectivity index (χ0) is 28.7. The molecule has 4 unspecified atom stereocenters. The van der Waals surface area contributed by atoms with Crippen LogP contribution in [0.4, 0.5) is 0 Å². The predicted octanol–water partition coefficient (Wildman–Crippen LogP) is -1.62. The van der Waals surface area contributed by atoms with E-state index in [-0.39, 0.29) is 38.5 Å². The summed E-state index contributed by atoms with van der Waals surface area (Å²) in [4.78, 5) is 72.6. The van der Waals surface area contributed by atoms with Crippen molar-refractivity contribution in [2.45, 2.75) is 62.7 Å². The average Bonchev–Trinajstić information content (AvgIpc) is 2.86. The minimum Gasteiger partial charge on any atom is -0.480 e. The lowest BCUT2D eigenvalue weighted by Crippen LogP contribution is -2.57. The molecular formula is C24H36N6O7S. The fourth-order valence-electron chi connectivity index (χ4n) is 3.39. The molecule has 210 valence electrons. The minimum absolute atomic E-state index is 0.216. The van der Waals surface area contributed by atoms with Crippen molar-refractivity contribution >= 4 is 47.3 Å². The van der Waals surface area contributed by atoms with Gasteiger partial charge in [-0.25, -0.2) is 4.79 Å². The maximum Gasteiger partial charge on any atom is 0.326 e. The maximum atomic E-state index is 13.1. The van der Waals surface area contributed by atoms with E-state index in [1.54, 1.807) is 0 Å². The molecule has 38 heavy (non-hydrogen) atoms. The van der Waals surface area contributed by atoms with Gasteiger partial charge >= 0.3 is 5.97 Å². The zero-order valence-corrected chi connectivity index (χ0v) is 22.0. The molecule has 13 nitrogen and oxygen atoms in total. The molecule has 0 bridgehead atoms. The Morgan fingerprint density at radius 3 is 1.76 bits per heavy atom. The van der Waals surface area contributed by atoms with E-state index in [2.05, 4.69) is 16.0 Å². The number of carbonyl (C=O) groups excluding carboxylic acids is 5. The van der Waals surface area contributed by atoms with Crippen molar-refractivity contribution in [3.05, 3.63) is 35.9 Å². The van der Waals surface area contributed by atoms with Crippen molar-refractivity contribution in [2.75, 3.05) is 12.0 Å². The molecule has 5 amide bonds. The first kappa shape index (κ1) is 32.4. The number of nitrogens with one attached hydrogen (secondary N) is 3. The monoisotopic (exact) mass is 552 g/mol. The Morgan fingerprint density at radius 2 is 1.26 bits per heavy atom. The first-order chi connectivity index (χ1) is 17.9. The van der Waals surface area contributed by atoms with Crippen LogP contribution in [0, 0.1) is 0 Å². The summed E-state index contributed by atoms with van der Waals surface area (Å²) in [7, 11) is 0. The third kappa shape index (κ3) is 12.5. The largest absolute Gasteiger partial charge is 0.480 e. The molecule has 0 spiro atoms. The van der Waals surface area contributed by atoms with Crippen molar-refractivity contribution < 1.29 is 33.9 Å². The summed E-state index contributed by atoms with van der Waals surface area (Å²) in [5, 5.41) is 16.7. The summed E-state index contributed by atoms with van der Waals surface area (Å²) in [6.45, 7) is 0. The van der Waals surface area contributed by atoms with Crippen molar-refractivity contribution in [2.24, 2.45) is 17.2 Å². The van der Waals surface area contributed by atoms with Gasteiger partial charge in [0.05, 0.1) is 6.04 Å². The van der Waals surface area contributed by atoms with Crippen LogP contribution in [0.5, 0.6) is 0 Å². The van der Waals surface area contributed by atoms with E-state index < -0.39 is 59.7 Å². The molecule has 0 aliphatic carbocycles. The molecule has 0 saturated heterocycles. The molecule has 1 aromatic rings. The summed E-state index contributed by atoms with van der Waals surface area (Å²) in [5.41, 5.74) is 17.1. The first-order valence-electron chi connectivity index (χ1n) is 11.9. The van der Waals surface area contributed by atoms with Crippen molar-refractivity contribution in [1.82, 2.24) is 16.0 Å². The predicted molar refractivity (Wildman–Crippen MR) is 141 cm³/mol. The number of amides is 5. The van der Waals surface area contributed by atoms with Gasteiger partial charge in [-0.1, -0.05) is 30.3 Å². The van der Waals surface area contributed by atoms with E-state index in [0.29, 0.717) is 5.75 Å². The number of aliphatic carboxylic acids is 1. The molecule has 0 aliphatic heterocycles. The number of hydrogen-bond donors (Lipinski definition) is 7. The van der Waals surface area contributed by atoms with Crippen molar-refractivity contribution in [3.63, 3.8) is 0 Å². The number of carboxylic acids is 1. The number of nitrogens with two attached hydrogens (primary N) is 3. The quantitative estimate of drug-likeness (QED) is 0.111. The standard InChI is InChI=1S/C24H36N6O7S/c1-38-12-11-17(28-21(33)15(25)13-14-5-3-2-4-6-14)23(35)29-16(7-9-19(26)31)22(34)30-18(24(36)37)8-10-20(27)32/h2-6,15-18H,7-13,25H2,1H3,(H2,26,31)(H2,27,32)(H,28,33)(H,29,35)(H,30,34)(H,36,37). The third-order valence-electron chi connectivity index (χ3n) is 5.49. The molecule has 10 N–H and O–H groups in total. The maximum absolute atomic E-state index is 13.1. The highest BCUT2D eigenvalue weighted by Crippen LogP contribution is 2.07. The van der Waals surface area contributed by atoms with Gasteiger partial charge in [0.15, 0.2) is 0 Å². The average molecular weight is 553 g/mol. The van der Waals surface area contributed by atoms with Gasteiger partial charge in [-0.15, -0.1) is 0 Å². The Labute approximate surface area is 225 Å². The highest BCUT2D eigenvalue weighted by Gasteiger charge is 2.30. The van der Waals surface area contributed by atoms with Gasteiger partial charge in [0.25, 0.3) is 0 Å². The van der Waals surface area contributed by atoms with E-state index >= 15 is 0 Å². The van der Waals surface area contributed by atoms with Crippen LogP contribution in [-0.2, 0) is 35.2 Å². The highest BCUT2D eigenvalue weighted by atomic mass is 32.2. The van der Waals surface area contributed by atoms with E-state index in [1.165, 1.54) is 11.8 Å². The zero-order valence-electron chi connectivity index (χ0n) is 21.2. The van der Waals surface area contributed by atoms with E-state index in [9.17, 15) is 33.9 Å². The SMILES string of the molecule is CSCCC(NC(=O)C(N)Cc1ccccc1)C(=O)NC(CCC(N)=O)C(=O)NC(CCC(N)=O)C(=O)O. The van der Waals surface area contributed by atoms with Gasteiger partial charge in [0.1, 0.15) is 18.1 Å². The number of hydrogen-bond acceptors (Lipinski definition) is 8. The fourth-order valence-corrected chi connectivity index (χ4v) is 3.86. The molecule has 0 heterocycles. The number of rotatable bonds is 18. The highest BCUT2D eigenvalue weighted by molar-refractivity contribution is 7.98. The van der Waals surface area contributed by atoms with Gasteiger partial charge < -0.3 is 38.3 Å². The van der Waals surface area contributed by atoms with Crippen LogP contribution in [0.2, 0.25) is 0 Å². The van der Waals surface area contributed by atoms with Crippen LogP contribution in [0.15, 0.2) is 30.3 Å². The second kappa shape index (κ2) is 17.0. The lowest BCUT2D eigenvalue weighted by atomic mass is 10.0.